The lowest BCUT2D eigenvalue weighted by atomic mass is 9.81. The number of urea groups is 1. The molecule has 3 rings (SSSR count). The highest BCUT2D eigenvalue weighted by Crippen LogP contribution is 2.32. The van der Waals surface area contributed by atoms with E-state index < -0.39 is 0 Å². The zero-order valence-electron chi connectivity index (χ0n) is 13.1. The molecule has 2 aliphatic rings. The van der Waals surface area contributed by atoms with Crippen molar-refractivity contribution >= 4 is 6.03 Å². The third kappa shape index (κ3) is 3.64. The normalized spacial score (nSPS) is 22.4. The van der Waals surface area contributed by atoms with Crippen molar-refractivity contribution in [1.29, 1.82) is 0 Å². The lowest BCUT2D eigenvalue weighted by Gasteiger charge is -2.35. The van der Waals surface area contributed by atoms with Gasteiger partial charge in [-0.2, -0.15) is 0 Å². The van der Waals surface area contributed by atoms with Gasteiger partial charge in [0, 0.05) is 25.2 Å². The first-order chi connectivity index (χ1) is 11.1. The van der Waals surface area contributed by atoms with E-state index in [1.807, 2.05) is 0 Å². The molecule has 0 radical (unpaired) electrons. The molecular formula is C17H23FN2O3. The fourth-order valence-corrected chi connectivity index (χ4v) is 3.41. The molecule has 6 heteroatoms. The Morgan fingerprint density at radius 1 is 1.39 bits per heavy atom. The largest absolute Gasteiger partial charge is 0.396 e. The van der Waals surface area contributed by atoms with Crippen molar-refractivity contribution in [3.05, 3.63) is 35.1 Å². The average Bonchev–Trinajstić information content (AvgIpc) is 2.96. The van der Waals surface area contributed by atoms with E-state index in [2.05, 4.69) is 10.6 Å². The van der Waals surface area contributed by atoms with Crippen LogP contribution in [0.4, 0.5) is 9.18 Å². The van der Waals surface area contributed by atoms with E-state index in [0.717, 1.165) is 36.8 Å². The van der Waals surface area contributed by atoms with Crippen LogP contribution in [-0.4, -0.2) is 37.5 Å². The predicted molar refractivity (Wildman–Crippen MR) is 83.6 cm³/mol. The molecule has 1 aliphatic carbocycles. The van der Waals surface area contributed by atoms with Crippen molar-refractivity contribution in [3.8, 4) is 0 Å². The molecule has 3 N–H and O–H groups in total. The highest BCUT2D eigenvalue weighted by Gasteiger charge is 2.33. The maximum atomic E-state index is 13.2. The summed E-state index contributed by atoms with van der Waals surface area (Å²) in [7, 11) is 0. The number of aliphatic hydroxyl groups is 1. The molecule has 1 heterocycles. The second kappa shape index (κ2) is 6.84. The van der Waals surface area contributed by atoms with E-state index in [-0.39, 0.29) is 29.9 Å². The number of aliphatic hydroxyl groups excluding tert-OH is 1. The van der Waals surface area contributed by atoms with Crippen LogP contribution in [-0.2, 0) is 11.2 Å². The maximum Gasteiger partial charge on any atom is 0.315 e. The lowest BCUT2D eigenvalue weighted by molar-refractivity contribution is -0.0139. The standard InChI is InChI=1S/C17H23FN2O3/c18-13-2-3-14-12(9-13)1-4-15(14)20-16(22)19-10-17(11-21)5-7-23-8-6-17/h2-3,9,15,21H,1,4-8,10-11H2,(H2,19,20,22). The Labute approximate surface area is 135 Å². The molecule has 0 saturated carbocycles. The minimum Gasteiger partial charge on any atom is -0.396 e. The molecule has 1 saturated heterocycles. The third-order valence-corrected chi connectivity index (χ3v) is 5.00. The second-order valence-electron chi connectivity index (χ2n) is 6.53. The summed E-state index contributed by atoms with van der Waals surface area (Å²) < 4.78 is 18.5. The van der Waals surface area contributed by atoms with Crippen LogP contribution in [0.1, 0.15) is 36.4 Å². The number of nitrogens with one attached hydrogen (secondary N) is 2. The molecule has 23 heavy (non-hydrogen) atoms. The van der Waals surface area contributed by atoms with Crippen LogP contribution in [0.25, 0.3) is 0 Å². The van der Waals surface area contributed by atoms with E-state index in [0.29, 0.717) is 19.8 Å². The fraction of sp³-hybridized carbons (Fsp3) is 0.588. The van der Waals surface area contributed by atoms with Gasteiger partial charge in [0.05, 0.1) is 12.6 Å². The smallest absolute Gasteiger partial charge is 0.315 e. The lowest BCUT2D eigenvalue weighted by Crippen LogP contribution is -2.47. The monoisotopic (exact) mass is 322 g/mol. The number of carbonyl (C=O) groups is 1. The van der Waals surface area contributed by atoms with Crippen LogP contribution < -0.4 is 10.6 Å². The number of halogens is 1. The molecule has 126 valence electrons. The summed E-state index contributed by atoms with van der Waals surface area (Å²) >= 11 is 0. The molecule has 1 aromatic rings. The molecule has 1 unspecified atom stereocenters. The van der Waals surface area contributed by atoms with Gasteiger partial charge in [0.1, 0.15) is 5.82 Å². The van der Waals surface area contributed by atoms with Crippen LogP contribution >= 0.6 is 0 Å². The first-order valence-electron chi connectivity index (χ1n) is 8.13. The number of hydrogen-bond acceptors (Lipinski definition) is 3. The van der Waals surface area contributed by atoms with Crippen LogP contribution in [0.2, 0.25) is 0 Å². The summed E-state index contributed by atoms with van der Waals surface area (Å²) in [5, 5.41) is 15.5. The molecule has 1 aromatic carbocycles. The van der Waals surface area contributed by atoms with Gasteiger partial charge in [-0.25, -0.2) is 9.18 Å². The number of benzene rings is 1. The SMILES string of the molecule is O=C(NCC1(CO)CCOCC1)NC1CCc2cc(F)ccc21. The topological polar surface area (TPSA) is 70.6 Å². The van der Waals surface area contributed by atoms with Gasteiger partial charge in [0.15, 0.2) is 0 Å². The van der Waals surface area contributed by atoms with Crippen molar-refractivity contribution in [2.24, 2.45) is 5.41 Å². The second-order valence-corrected chi connectivity index (χ2v) is 6.53. The van der Waals surface area contributed by atoms with Gasteiger partial charge in [0.25, 0.3) is 0 Å². The van der Waals surface area contributed by atoms with Gasteiger partial charge in [-0.1, -0.05) is 6.07 Å². The number of rotatable bonds is 4. The van der Waals surface area contributed by atoms with E-state index >= 15 is 0 Å². The number of carbonyl (C=O) groups excluding carboxylic acids is 1. The minimum absolute atomic E-state index is 0.0438. The summed E-state index contributed by atoms with van der Waals surface area (Å²) in [6.45, 7) is 1.71. The highest BCUT2D eigenvalue weighted by atomic mass is 19.1. The van der Waals surface area contributed by atoms with E-state index in [1.165, 1.54) is 12.1 Å². The quantitative estimate of drug-likeness (QED) is 0.793. The van der Waals surface area contributed by atoms with Gasteiger partial charge >= 0.3 is 6.03 Å². The van der Waals surface area contributed by atoms with Crippen LogP contribution in [0.5, 0.6) is 0 Å². The maximum absolute atomic E-state index is 13.2. The molecule has 5 nitrogen and oxygen atoms in total. The Bertz CT molecular complexity index is 573. The molecule has 0 bridgehead atoms. The number of hydrogen-bond donors (Lipinski definition) is 3. The zero-order valence-corrected chi connectivity index (χ0v) is 13.1. The molecule has 1 fully saturated rings. The zero-order chi connectivity index (χ0) is 16.3. The molecule has 0 aromatic heterocycles. The van der Waals surface area contributed by atoms with Gasteiger partial charge in [0.2, 0.25) is 0 Å². The van der Waals surface area contributed by atoms with Crippen molar-refractivity contribution in [2.45, 2.75) is 31.7 Å². The van der Waals surface area contributed by atoms with Gasteiger partial charge in [-0.05, 0) is 48.9 Å². The fourth-order valence-electron chi connectivity index (χ4n) is 3.41. The highest BCUT2D eigenvalue weighted by molar-refractivity contribution is 5.74. The van der Waals surface area contributed by atoms with Crippen molar-refractivity contribution in [1.82, 2.24) is 10.6 Å². The van der Waals surface area contributed by atoms with Crippen LogP contribution in [0.15, 0.2) is 18.2 Å². The van der Waals surface area contributed by atoms with E-state index in [9.17, 15) is 14.3 Å². The van der Waals surface area contributed by atoms with E-state index in [4.69, 9.17) is 4.74 Å². The predicted octanol–water partition coefficient (Wildman–Crippen LogP) is 1.90. The van der Waals surface area contributed by atoms with Crippen LogP contribution in [0.3, 0.4) is 0 Å². The molecule has 0 spiro atoms. The summed E-state index contributed by atoms with van der Waals surface area (Å²) in [6, 6.07) is 4.39. The first-order valence-corrected chi connectivity index (χ1v) is 8.13. The van der Waals surface area contributed by atoms with Crippen LogP contribution in [0, 0.1) is 11.2 Å². The molecule has 1 atom stereocenters. The van der Waals surface area contributed by atoms with Crippen molar-refractivity contribution < 1.29 is 19.0 Å². The average molecular weight is 322 g/mol. The summed E-state index contributed by atoms with van der Waals surface area (Å²) in [5.41, 5.74) is 1.67. The Morgan fingerprint density at radius 2 is 2.17 bits per heavy atom. The number of fused-ring (bicyclic) bond motifs is 1. The Kier molecular flexibility index (Phi) is 4.82. The van der Waals surface area contributed by atoms with Crippen molar-refractivity contribution in [3.63, 3.8) is 0 Å². The number of ether oxygens (including phenoxy) is 1. The van der Waals surface area contributed by atoms with E-state index in [1.54, 1.807) is 6.07 Å². The summed E-state index contributed by atoms with van der Waals surface area (Å²) in [4.78, 5) is 12.2. The van der Waals surface area contributed by atoms with Gasteiger partial charge in [-0.3, -0.25) is 0 Å². The molecule has 1 aliphatic heterocycles. The Balaban J connectivity index is 1.54. The number of aryl methyl sites for hydroxylation is 1. The van der Waals surface area contributed by atoms with Crippen molar-refractivity contribution in [2.75, 3.05) is 26.4 Å². The van der Waals surface area contributed by atoms with Gasteiger partial charge < -0.3 is 20.5 Å². The summed E-state index contributed by atoms with van der Waals surface area (Å²) in [5.74, 6) is -0.238. The number of amides is 2. The molecule has 2 amide bonds. The summed E-state index contributed by atoms with van der Waals surface area (Å²) in [6.07, 6.45) is 3.05. The first kappa shape index (κ1) is 16.2. The Morgan fingerprint density at radius 3 is 2.91 bits per heavy atom. The molecular weight excluding hydrogens is 299 g/mol. The Hall–Kier alpha value is -1.66. The third-order valence-electron chi connectivity index (χ3n) is 5.00. The van der Waals surface area contributed by atoms with Gasteiger partial charge in [-0.15, -0.1) is 0 Å². The minimum atomic E-state index is -0.285.